The van der Waals surface area contributed by atoms with Gasteiger partial charge in [0, 0.05) is 26.2 Å². The van der Waals surface area contributed by atoms with Crippen LogP contribution in [0, 0.1) is 0 Å². The molecule has 0 spiro atoms. The van der Waals surface area contributed by atoms with Crippen LogP contribution in [0.25, 0.3) is 0 Å². The van der Waals surface area contributed by atoms with E-state index in [-0.39, 0.29) is 0 Å². The lowest BCUT2D eigenvalue weighted by Crippen LogP contribution is -2.31. The highest BCUT2D eigenvalue weighted by Crippen LogP contribution is 1.94. The number of likely N-dealkylation sites (N-methyl/N-ethyl adjacent to an activating group) is 1. The minimum atomic E-state index is 0.846. The Balaban J connectivity index is 1.94. The van der Waals surface area contributed by atoms with Crippen LogP contribution in [0.15, 0.2) is 0 Å². The second kappa shape index (κ2) is 8.05. The van der Waals surface area contributed by atoms with E-state index < -0.39 is 0 Å². The molecule has 0 atom stereocenters. The van der Waals surface area contributed by atoms with Crippen molar-refractivity contribution in [2.24, 2.45) is 0 Å². The van der Waals surface area contributed by atoms with E-state index in [2.05, 4.69) is 29.2 Å². The molecule has 4 heteroatoms. The van der Waals surface area contributed by atoms with E-state index in [9.17, 15) is 0 Å². The van der Waals surface area contributed by atoms with Crippen molar-refractivity contribution in [2.75, 3.05) is 66.6 Å². The van der Waals surface area contributed by atoms with E-state index >= 15 is 0 Å². The fourth-order valence-corrected chi connectivity index (χ4v) is 1.67. The molecular formula is C11H25N3O. The topological polar surface area (TPSA) is 27.7 Å². The van der Waals surface area contributed by atoms with E-state index in [0.717, 1.165) is 45.9 Å². The normalized spacial score (nSPS) is 19.4. The highest BCUT2D eigenvalue weighted by molar-refractivity contribution is 4.65. The fourth-order valence-electron chi connectivity index (χ4n) is 1.67. The van der Waals surface area contributed by atoms with Crippen molar-refractivity contribution < 1.29 is 4.74 Å². The predicted molar refractivity (Wildman–Crippen MR) is 63.3 cm³/mol. The summed E-state index contributed by atoms with van der Waals surface area (Å²) in [5, 5.41) is 3.40. The maximum atomic E-state index is 5.58. The van der Waals surface area contributed by atoms with Crippen LogP contribution in [-0.2, 0) is 4.74 Å². The van der Waals surface area contributed by atoms with Crippen molar-refractivity contribution in [3.05, 3.63) is 0 Å². The van der Waals surface area contributed by atoms with Gasteiger partial charge in [0.25, 0.3) is 0 Å². The summed E-state index contributed by atoms with van der Waals surface area (Å²) in [6, 6.07) is 0. The second-order valence-electron chi connectivity index (χ2n) is 4.36. The Morgan fingerprint density at radius 1 is 1.20 bits per heavy atom. The van der Waals surface area contributed by atoms with Crippen molar-refractivity contribution >= 4 is 0 Å². The lowest BCUT2D eigenvalue weighted by Gasteiger charge is -2.19. The highest BCUT2D eigenvalue weighted by Gasteiger charge is 2.07. The lowest BCUT2D eigenvalue weighted by molar-refractivity contribution is 0.0941. The van der Waals surface area contributed by atoms with Crippen LogP contribution in [0.1, 0.15) is 6.42 Å². The van der Waals surface area contributed by atoms with E-state index in [0.29, 0.717) is 0 Å². The molecule has 0 aromatic heterocycles. The van der Waals surface area contributed by atoms with E-state index in [4.69, 9.17) is 4.74 Å². The zero-order valence-corrected chi connectivity index (χ0v) is 10.2. The monoisotopic (exact) mass is 215 g/mol. The Morgan fingerprint density at radius 2 is 2.07 bits per heavy atom. The molecule has 1 aliphatic heterocycles. The Hall–Kier alpha value is -0.160. The van der Waals surface area contributed by atoms with Gasteiger partial charge >= 0.3 is 0 Å². The van der Waals surface area contributed by atoms with Gasteiger partial charge in [-0.25, -0.2) is 0 Å². The summed E-state index contributed by atoms with van der Waals surface area (Å²) >= 11 is 0. The molecule has 0 aromatic rings. The molecule has 0 saturated carbocycles. The van der Waals surface area contributed by atoms with Gasteiger partial charge in [-0.1, -0.05) is 0 Å². The Kier molecular flexibility index (Phi) is 6.92. The quantitative estimate of drug-likeness (QED) is 0.624. The molecule has 1 N–H and O–H groups in total. The van der Waals surface area contributed by atoms with Gasteiger partial charge in [0.2, 0.25) is 0 Å². The minimum absolute atomic E-state index is 0.846. The van der Waals surface area contributed by atoms with Crippen molar-refractivity contribution in [1.29, 1.82) is 0 Å². The number of nitrogens with one attached hydrogen (secondary N) is 1. The van der Waals surface area contributed by atoms with Gasteiger partial charge in [-0.3, -0.25) is 4.90 Å². The summed E-state index contributed by atoms with van der Waals surface area (Å²) in [6.45, 7) is 8.47. The van der Waals surface area contributed by atoms with Gasteiger partial charge in [0.15, 0.2) is 0 Å². The summed E-state index contributed by atoms with van der Waals surface area (Å²) in [6.07, 6.45) is 1.26. The smallest absolute Gasteiger partial charge is 0.0594 e. The molecule has 1 heterocycles. The molecule has 0 unspecified atom stereocenters. The van der Waals surface area contributed by atoms with Gasteiger partial charge in [0.05, 0.1) is 13.2 Å². The first kappa shape index (κ1) is 12.9. The number of hydrogen-bond donors (Lipinski definition) is 1. The molecule has 15 heavy (non-hydrogen) atoms. The van der Waals surface area contributed by atoms with Crippen LogP contribution < -0.4 is 5.32 Å². The average molecular weight is 215 g/mol. The minimum Gasteiger partial charge on any atom is -0.379 e. The summed E-state index contributed by atoms with van der Waals surface area (Å²) < 4.78 is 5.58. The third-order valence-electron chi connectivity index (χ3n) is 2.67. The fraction of sp³-hybridized carbons (Fsp3) is 1.00. The van der Waals surface area contributed by atoms with Crippen LogP contribution in [0.4, 0.5) is 0 Å². The average Bonchev–Trinajstić information content (AvgIpc) is 2.45. The first-order valence-corrected chi connectivity index (χ1v) is 5.94. The molecule has 0 aromatic carbocycles. The standard InChI is InChI=1S/C11H25N3O/c1-13(2)8-10-15-11-9-14-6-3-4-12-5-7-14/h12H,3-11H2,1-2H3. The van der Waals surface area contributed by atoms with Crippen molar-refractivity contribution in [3.63, 3.8) is 0 Å². The molecule has 0 amide bonds. The third-order valence-corrected chi connectivity index (χ3v) is 2.67. The lowest BCUT2D eigenvalue weighted by atomic mass is 10.4. The predicted octanol–water partition coefficient (Wildman–Crippen LogP) is -0.140. The van der Waals surface area contributed by atoms with Gasteiger partial charge in [0.1, 0.15) is 0 Å². The number of nitrogens with zero attached hydrogens (tertiary/aromatic N) is 2. The number of hydrogen-bond acceptors (Lipinski definition) is 4. The molecule has 4 nitrogen and oxygen atoms in total. The largest absolute Gasteiger partial charge is 0.379 e. The van der Waals surface area contributed by atoms with E-state index in [1.807, 2.05) is 0 Å². The number of rotatable bonds is 6. The maximum Gasteiger partial charge on any atom is 0.0594 e. The third kappa shape index (κ3) is 6.84. The molecule has 1 saturated heterocycles. The molecule has 1 aliphatic rings. The van der Waals surface area contributed by atoms with Crippen LogP contribution in [-0.4, -0.2) is 76.4 Å². The van der Waals surface area contributed by atoms with Crippen molar-refractivity contribution in [1.82, 2.24) is 15.1 Å². The molecular weight excluding hydrogens is 190 g/mol. The Morgan fingerprint density at radius 3 is 2.87 bits per heavy atom. The zero-order valence-electron chi connectivity index (χ0n) is 10.2. The summed E-state index contributed by atoms with van der Waals surface area (Å²) in [5.74, 6) is 0. The van der Waals surface area contributed by atoms with Crippen molar-refractivity contribution in [2.45, 2.75) is 6.42 Å². The highest BCUT2D eigenvalue weighted by atomic mass is 16.5. The van der Waals surface area contributed by atoms with E-state index in [1.165, 1.54) is 13.0 Å². The molecule has 0 aliphatic carbocycles. The van der Waals surface area contributed by atoms with E-state index in [1.54, 1.807) is 0 Å². The van der Waals surface area contributed by atoms with Crippen LogP contribution in [0.2, 0.25) is 0 Å². The Labute approximate surface area is 93.6 Å². The molecule has 1 fully saturated rings. The summed E-state index contributed by atoms with van der Waals surface area (Å²) in [4.78, 5) is 4.63. The summed E-state index contributed by atoms with van der Waals surface area (Å²) in [5.41, 5.74) is 0. The van der Waals surface area contributed by atoms with Crippen LogP contribution >= 0.6 is 0 Å². The SMILES string of the molecule is CN(C)CCOCCN1CCCNCC1. The van der Waals surface area contributed by atoms with Crippen LogP contribution in [0.3, 0.4) is 0 Å². The van der Waals surface area contributed by atoms with Gasteiger partial charge in [-0.05, 0) is 33.6 Å². The van der Waals surface area contributed by atoms with Gasteiger partial charge in [-0.15, -0.1) is 0 Å². The van der Waals surface area contributed by atoms with Crippen molar-refractivity contribution in [3.8, 4) is 0 Å². The Bertz CT molecular complexity index is 145. The van der Waals surface area contributed by atoms with Gasteiger partial charge in [-0.2, -0.15) is 0 Å². The maximum absolute atomic E-state index is 5.58. The zero-order chi connectivity index (χ0) is 10.9. The summed E-state index contributed by atoms with van der Waals surface area (Å²) in [7, 11) is 4.15. The molecule has 0 bridgehead atoms. The molecule has 1 rings (SSSR count). The second-order valence-corrected chi connectivity index (χ2v) is 4.36. The first-order chi connectivity index (χ1) is 7.29. The molecule has 90 valence electrons. The van der Waals surface area contributed by atoms with Crippen LogP contribution in [0.5, 0.6) is 0 Å². The first-order valence-electron chi connectivity index (χ1n) is 5.94. The molecule has 0 radical (unpaired) electrons. The number of ether oxygens (including phenoxy) is 1. The van der Waals surface area contributed by atoms with Gasteiger partial charge < -0.3 is 15.0 Å².